The van der Waals surface area contributed by atoms with Crippen LogP contribution >= 0.6 is 0 Å². The standard InChI is InChI=1S/C25H26N2O3S/c1-18-23(10-11-24(26-18)20-7-3-2-4-8-20)25(28)27-21-9-5-6-19(16-21)17-31(29)22-12-14-30-15-13-22/h2-11,16,22H,12-15,17H2,1H3,(H,27,28). The van der Waals surface area contributed by atoms with E-state index >= 15 is 0 Å². The zero-order valence-corrected chi connectivity index (χ0v) is 18.4. The summed E-state index contributed by atoms with van der Waals surface area (Å²) in [5, 5.41) is 3.14. The molecule has 0 saturated carbocycles. The van der Waals surface area contributed by atoms with Crippen LogP contribution in [0.2, 0.25) is 0 Å². The SMILES string of the molecule is Cc1nc(-c2ccccc2)ccc1C(=O)Nc1cccc(CS(=O)C2CCOCC2)c1. The Kier molecular flexibility index (Phi) is 6.89. The van der Waals surface area contributed by atoms with E-state index in [9.17, 15) is 9.00 Å². The molecule has 1 aromatic heterocycles. The van der Waals surface area contributed by atoms with Gasteiger partial charge in [-0.3, -0.25) is 14.0 Å². The van der Waals surface area contributed by atoms with Gasteiger partial charge in [0.2, 0.25) is 0 Å². The molecule has 5 nitrogen and oxygen atoms in total. The molecule has 0 bridgehead atoms. The van der Waals surface area contributed by atoms with Gasteiger partial charge in [-0.05, 0) is 49.6 Å². The fourth-order valence-electron chi connectivity index (χ4n) is 3.73. The summed E-state index contributed by atoms with van der Waals surface area (Å²) in [6.45, 7) is 3.21. The molecule has 0 aliphatic carbocycles. The van der Waals surface area contributed by atoms with Gasteiger partial charge in [0, 0.05) is 46.3 Å². The molecule has 1 aliphatic rings. The van der Waals surface area contributed by atoms with Crippen LogP contribution in [0.5, 0.6) is 0 Å². The minimum absolute atomic E-state index is 0.184. The minimum Gasteiger partial charge on any atom is -0.381 e. The summed E-state index contributed by atoms with van der Waals surface area (Å²) in [4.78, 5) is 17.4. The van der Waals surface area contributed by atoms with E-state index < -0.39 is 10.8 Å². The molecule has 0 radical (unpaired) electrons. The number of carbonyl (C=O) groups excluding carboxylic acids is 1. The maximum Gasteiger partial charge on any atom is 0.257 e. The van der Waals surface area contributed by atoms with Crippen molar-refractivity contribution in [3.05, 3.63) is 83.6 Å². The normalized spacial score (nSPS) is 15.4. The number of aryl methyl sites for hydroxylation is 1. The second kappa shape index (κ2) is 9.98. The van der Waals surface area contributed by atoms with Gasteiger partial charge < -0.3 is 10.1 Å². The van der Waals surface area contributed by atoms with Crippen molar-refractivity contribution in [1.82, 2.24) is 4.98 Å². The third-order valence-electron chi connectivity index (χ3n) is 5.43. The first kappa shape index (κ1) is 21.4. The van der Waals surface area contributed by atoms with Crippen molar-refractivity contribution in [2.45, 2.75) is 30.8 Å². The van der Waals surface area contributed by atoms with Crippen molar-refractivity contribution < 1.29 is 13.7 Å². The van der Waals surface area contributed by atoms with Crippen molar-refractivity contribution in [2.24, 2.45) is 0 Å². The van der Waals surface area contributed by atoms with E-state index in [2.05, 4.69) is 10.3 Å². The molecule has 1 aliphatic heterocycles. The lowest BCUT2D eigenvalue weighted by Crippen LogP contribution is -2.25. The van der Waals surface area contributed by atoms with Gasteiger partial charge in [-0.25, -0.2) is 0 Å². The number of anilines is 1. The molecule has 2 heterocycles. The Balaban J connectivity index is 1.44. The molecule has 1 N–H and O–H groups in total. The van der Waals surface area contributed by atoms with Gasteiger partial charge in [-0.2, -0.15) is 0 Å². The lowest BCUT2D eigenvalue weighted by molar-refractivity contribution is 0.0991. The van der Waals surface area contributed by atoms with Crippen LogP contribution in [-0.2, 0) is 21.3 Å². The summed E-state index contributed by atoms with van der Waals surface area (Å²) >= 11 is 0. The second-order valence-electron chi connectivity index (χ2n) is 7.69. The average molecular weight is 435 g/mol. The Bertz CT molecular complexity index is 1080. The molecule has 1 unspecified atom stereocenters. The minimum atomic E-state index is -0.942. The van der Waals surface area contributed by atoms with Gasteiger partial charge in [0.1, 0.15) is 0 Å². The quantitative estimate of drug-likeness (QED) is 0.609. The largest absolute Gasteiger partial charge is 0.381 e. The molecule has 1 fully saturated rings. The molecule has 0 spiro atoms. The highest BCUT2D eigenvalue weighted by molar-refractivity contribution is 7.84. The van der Waals surface area contributed by atoms with Crippen molar-refractivity contribution in [3.63, 3.8) is 0 Å². The second-order valence-corrected chi connectivity index (χ2v) is 9.40. The number of hydrogen-bond acceptors (Lipinski definition) is 4. The van der Waals surface area contributed by atoms with Gasteiger partial charge in [0.25, 0.3) is 5.91 Å². The van der Waals surface area contributed by atoms with Crippen molar-refractivity contribution in [3.8, 4) is 11.3 Å². The zero-order valence-electron chi connectivity index (χ0n) is 17.5. The molecular formula is C25H26N2O3S. The Morgan fingerprint density at radius 2 is 1.84 bits per heavy atom. The van der Waals surface area contributed by atoms with Crippen molar-refractivity contribution >= 4 is 22.4 Å². The van der Waals surface area contributed by atoms with Crippen LogP contribution in [0.15, 0.2) is 66.7 Å². The summed E-state index contributed by atoms with van der Waals surface area (Å²) in [6.07, 6.45) is 1.68. The topological polar surface area (TPSA) is 68.3 Å². The van der Waals surface area contributed by atoms with E-state index in [1.807, 2.05) is 73.7 Å². The van der Waals surface area contributed by atoms with Crippen LogP contribution in [0.25, 0.3) is 11.3 Å². The smallest absolute Gasteiger partial charge is 0.257 e. The van der Waals surface area contributed by atoms with Gasteiger partial charge in [0.05, 0.1) is 17.0 Å². The van der Waals surface area contributed by atoms with Gasteiger partial charge in [-0.15, -0.1) is 0 Å². The fourth-order valence-corrected chi connectivity index (χ4v) is 5.19. The molecule has 2 aromatic carbocycles. The third kappa shape index (κ3) is 5.46. The van der Waals surface area contributed by atoms with Crippen LogP contribution in [0.4, 0.5) is 5.69 Å². The summed E-state index contributed by atoms with van der Waals surface area (Å²) in [5.41, 5.74) is 4.72. The number of rotatable bonds is 6. The molecular weight excluding hydrogens is 408 g/mol. The number of pyridine rings is 1. The Morgan fingerprint density at radius 3 is 2.58 bits per heavy atom. The lowest BCUT2D eigenvalue weighted by Gasteiger charge is -2.21. The number of ether oxygens (including phenoxy) is 1. The summed E-state index contributed by atoms with van der Waals surface area (Å²) < 4.78 is 18.0. The number of benzene rings is 2. The Morgan fingerprint density at radius 1 is 1.06 bits per heavy atom. The van der Waals surface area contributed by atoms with E-state index in [0.717, 1.165) is 29.7 Å². The number of carbonyl (C=O) groups is 1. The highest BCUT2D eigenvalue weighted by Crippen LogP contribution is 2.21. The molecule has 3 aromatic rings. The van der Waals surface area contributed by atoms with Crippen LogP contribution in [0.1, 0.15) is 34.5 Å². The average Bonchev–Trinajstić information content (AvgIpc) is 2.80. The third-order valence-corrected chi connectivity index (χ3v) is 7.27. The number of hydrogen-bond donors (Lipinski definition) is 1. The lowest BCUT2D eigenvalue weighted by atomic mass is 10.1. The molecule has 1 atom stereocenters. The van der Waals surface area contributed by atoms with Crippen LogP contribution in [0.3, 0.4) is 0 Å². The van der Waals surface area contributed by atoms with Gasteiger partial charge in [0.15, 0.2) is 0 Å². The predicted molar refractivity (Wildman–Crippen MR) is 124 cm³/mol. The van der Waals surface area contributed by atoms with Gasteiger partial charge >= 0.3 is 0 Å². The van der Waals surface area contributed by atoms with E-state index in [0.29, 0.717) is 35.9 Å². The number of aromatic nitrogens is 1. The van der Waals surface area contributed by atoms with Crippen molar-refractivity contribution in [2.75, 3.05) is 18.5 Å². The Hall–Kier alpha value is -2.83. The molecule has 1 saturated heterocycles. The fraction of sp³-hybridized carbons (Fsp3) is 0.280. The van der Waals surface area contributed by atoms with E-state index in [1.165, 1.54) is 0 Å². The van der Waals surface area contributed by atoms with Crippen molar-refractivity contribution in [1.29, 1.82) is 0 Å². The van der Waals surface area contributed by atoms with Crippen LogP contribution in [-0.4, -0.2) is 33.6 Å². The summed E-state index contributed by atoms with van der Waals surface area (Å²) in [5.74, 6) is 0.285. The molecule has 4 rings (SSSR count). The molecule has 1 amide bonds. The number of nitrogens with one attached hydrogen (secondary N) is 1. The van der Waals surface area contributed by atoms with E-state index in [4.69, 9.17) is 4.74 Å². The molecule has 160 valence electrons. The highest BCUT2D eigenvalue weighted by atomic mass is 32.2. The van der Waals surface area contributed by atoms with E-state index in [-0.39, 0.29) is 11.2 Å². The zero-order chi connectivity index (χ0) is 21.6. The van der Waals surface area contributed by atoms with Crippen LogP contribution in [0, 0.1) is 6.92 Å². The summed E-state index contributed by atoms with van der Waals surface area (Å²) in [7, 11) is -0.942. The molecule has 31 heavy (non-hydrogen) atoms. The summed E-state index contributed by atoms with van der Waals surface area (Å²) in [6, 6.07) is 21.2. The van der Waals surface area contributed by atoms with E-state index in [1.54, 1.807) is 0 Å². The van der Waals surface area contributed by atoms with Gasteiger partial charge in [-0.1, -0.05) is 42.5 Å². The number of nitrogens with zero attached hydrogens (tertiary/aromatic N) is 1. The maximum atomic E-state index is 12.8. The highest BCUT2D eigenvalue weighted by Gasteiger charge is 2.20. The Labute approximate surface area is 185 Å². The first-order valence-corrected chi connectivity index (χ1v) is 11.9. The monoisotopic (exact) mass is 434 g/mol. The first-order chi connectivity index (χ1) is 15.1. The maximum absolute atomic E-state index is 12.8. The molecule has 6 heteroatoms. The predicted octanol–water partition coefficient (Wildman–Crippen LogP) is 4.74. The number of amides is 1. The van der Waals surface area contributed by atoms with Crippen LogP contribution < -0.4 is 5.32 Å². The first-order valence-electron chi connectivity index (χ1n) is 10.5.